The highest BCUT2D eigenvalue weighted by atomic mass is 35.5. The summed E-state index contributed by atoms with van der Waals surface area (Å²) in [6.45, 7) is 0. The molecule has 0 aliphatic heterocycles. The second kappa shape index (κ2) is 4.40. The molecule has 8 heteroatoms. The summed E-state index contributed by atoms with van der Waals surface area (Å²) in [5, 5.41) is 0. The van der Waals surface area contributed by atoms with Gasteiger partial charge in [0.1, 0.15) is 11.5 Å². The maximum atomic E-state index is 12.5. The number of nitrogens with zero attached hydrogens (tertiary/aromatic N) is 1. The zero-order chi connectivity index (χ0) is 12.5. The van der Waals surface area contributed by atoms with Crippen LogP contribution in [0.2, 0.25) is 0 Å². The lowest BCUT2D eigenvalue weighted by molar-refractivity contribution is -0.138. The Kier molecular flexibility index (Phi) is 3.57. The molecule has 0 aromatic carbocycles. The Labute approximate surface area is 92.2 Å². The smallest absolute Gasteiger partial charge is 0.383 e. The normalized spacial score (nSPS) is 12.2. The van der Waals surface area contributed by atoms with Crippen molar-refractivity contribution >= 4 is 17.4 Å². The molecule has 0 saturated carbocycles. The van der Waals surface area contributed by atoms with Crippen LogP contribution in [0, 0.1) is 0 Å². The molecule has 16 heavy (non-hydrogen) atoms. The van der Waals surface area contributed by atoms with Crippen LogP contribution >= 0.6 is 11.6 Å². The SMILES string of the molecule is Nc1nc(C(F)F)cc(C(F)(F)F)c1CCl. The van der Waals surface area contributed by atoms with Crippen LogP contribution in [0.1, 0.15) is 23.2 Å². The molecule has 2 N–H and O–H groups in total. The molecule has 1 aromatic heterocycles. The summed E-state index contributed by atoms with van der Waals surface area (Å²) < 4.78 is 61.9. The topological polar surface area (TPSA) is 38.9 Å². The van der Waals surface area contributed by atoms with Gasteiger partial charge in [0, 0.05) is 5.56 Å². The molecule has 0 bridgehead atoms. The quantitative estimate of drug-likeness (QED) is 0.654. The molecule has 0 aliphatic carbocycles. The number of aromatic nitrogens is 1. The van der Waals surface area contributed by atoms with Crippen LogP contribution in [0.4, 0.5) is 27.8 Å². The van der Waals surface area contributed by atoms with Gasteiger partial charge in [0.25, 0.3) is 6.43 Å². The predicted molar refractivity (Wildman–Crippen MR) is 48.2 cm³/mol. The lowest BCUT2D eigenvalue weighted by atomic mass is 10.1. The molecule has 90 valence electrons. The van der Waals surface area contributed by atoms with E-state index >= 15 is 0 Å². The second-order valence-electron chi connectivity index (χ2n) is 2.89. The Bertz CT molecular complexity index is 391. The molecule has 1 heterocycles. The molecule has 0 radical (unpaired) electrons. The Balaban J connectivity index is 3.43. The van der Waals surface area contributed by atoms with Gasteiger partial charge in [-0.3, -0.25) is 0 Å². The lowest BCUT2D eigenvalue weighted by Gasteiger charge is -2.14. The van der Waals surface area contributed by atoms with Gasteiger partial charge in [0.05, 0.1) is 11.4 Å². The number of anilines is 1. The number of nitrogens with two attached hydrogens (primary N) is 1. The molecule has 0 spiro atoms. The van der Waals surface area contributed by atoms with Gasteiger partial charge in [0.2, 0.25) is 0 Å². The third-order valence-corrected chi connectivity index (χ3v) is 2.11. The third-order valence-electron chi connectivity index (χ3n) is 1.84. The van der Waals surface area contributed by atoms with Crippen LogP contribution in [0.25, 0.3) is 0 Å². The minimum Gasteiger partial charge on any atom is -0.383 e. The molecule has 0 aliphatic rings. The second-order valence-corrected chi connectivity index (χ2v) is 3.16. The van der Waals surface area contributed by atoms with E-state index < -0.39 is 41.1 Å². The zero-order valence-corrected chi connectivity index (χ0v) is 8.41. The fraction of sp³-hybridized carbons (Fsp3) is 0.375. The van der Waals surface area contributed by atoms with E-state index in [4.69, 9.17) is 17.3 Å². The van der Waals surface area contributed by atoms with Crippen molar-refractivity contribution in [1.82, 2.24) is 4.98 Å². The van der Waals surface area contributed by atoms with Crippen LogP contribution in [0.15, 0.2) is 6.07 Å². The summed E-state index contributed by atoms with van der Waals surface area (Å²) in [5.41, 5.74) is 2.36. The van der Waals surface area contributed by atoms with Crippen LogP contribution in [0.3, 0.4) is 0 Å². The highest BCUT2D eigenvalue weighted by molar-refractivity contribution is 6.17. The lowest BCUT2D eigenvalue weighted by Crippen LogP contribution is -2.13. The highest BCUT2D eigenvalue weighted by Gasteiger charge is 2.35. The van der Waals surface area contributed by atoms with E-state index in [9.17, 15) is 22.0 Å². The fourth-order valence-electron chi connectivity index (χ4n) is 1.12. The molecular formula is C8H6ClF5N2. The van der Waals surface area contributed by atoms with E-state index in [0.717, 1.165) is 0 Å². The molecule has 0 fully saturated rings. The van der Waals surface area contributed by atoms with E-state index in [2.05, 4.69) is 4.98 Å². The molecule has 0 saturated heterocycles. The Morgan fingerprint density at radius 3 is 2.31 bits per heavy atom. The molecular weight excluding hydrogens is 255 g/mol. The molecule has 1 rings (SSSR count). The number of halogens is 6. The van der Waals surface area contributed by atoms with Crippen molar-refractivity contribution in [2.45, 2.75) is 18.5 Å². The fourth-order valence-corrected chi connectivity index (χ4v) is 1.40. The van der Waals surface area contributed by atoms with Gasteiger partial charge in [-0.15, -0.1) is 11.6 Å². The first-order valence-electron chi connectivity index (χ1n) is 3.98. The first-order chi connectivity index (χ1) is 7.27. The summed E-state index contributed by atoms with van der Waals surface area (Å²) in [5.74, 6) is -1.17. The van der Waals surface area contributed by atoms with Crippen LogP contribution in [-0.4, -0.2) is 4.98 Å². The molecule has 1 aromatic rings. The van der Waals surface area contributed by atoms with Gasteiger partial charge in [0.15, 0.2) is 0 Å². The van der Waals surface area contributed by atoms with E-state index in [-0.39, 0.29) is 6.07 Å². The summed E-state index contributed by atoms with van der Waals surface area (Å²) in [6, 6.07) is 0.263. The first-order valence-corrected chi connectivity index (χ1v) is 4.51. The van der Waals surface area contributed by atoms with Crippen molar-refractivity contribution in [1.29, 1.82) is 0 Å². The Morgan fingerprint density at radius 2 is 1.94 bits per heavy atom. The van der Waals surface area contributed by atoms with Gasteiger partial charge < -0.3 is 5.73 Å². The van der Waals surface area contributed by atoms with Gasteiger partial charge in [-0.1, -0.05) is 0 Å². The number of alkyl halides is 6. The van der Waals surface area contributed by atoms with Gasteiger partial charge in [-0.25, -0.2) is 13.8 Å². The van der Waals surface area contributed by atoms with E-state index in [0.29, 0.717) is 0 Å². The average molecular weight is 261 g/mol. The third kappa shape index (κ3) is 2.52. The van der Waals surface area contributed by atoms with E-state index in [1.807, 2.05) is 0 Å². The van der Waals surface area contributed by atoms with Crippen molar-refractivity contribution in [3.63, 3.8) is 0 Å². The van der Waals surface area contributed by atoms with Crippen molar-refractivity contribution in [3.8, 4) is 0 Å². The van der Waals surface area contributed by atoms with Crippen LogP contribution < -0.4 is 5.73 Å². The van der Waals surface area contributed by atoms with E-state index in [1.54, 1.807) is 0 Å². The molecule has 2 nitrogen and oxygen atoms in total. The Hall–Kier alpha value is -1.11. The van der Waals surface area contributed by atoms with Crippen molar-refractivity contribution < 1.29 is 22.0 Å². The summed E-state index contributed by atoms with van der Waals surface area (Å²) in [6.07, 6.45) is -7.90. The molecule has 0 amide bonds. The largest absolute Gasteiger partial charge is 0.416 e. The van der Waals surface area contributed by atoms with E-state index in [1.165, 1.54) is 0 Å². The van der Waals surface area contributed by atoms with Gasteiger partial charge in [-0.05, 0) is 6.07 Å². The molecule has 0 unspecified atom stereocenters. The maximum Gasteiger partial charge on any atom is 0.416 e. The summed E-state index contributed by atoms with van der Waals surface area (Å²) in [4.78, 5) is 3.16. The predicted octanol–water partition coefficient (Wildman–Crippen LogP) is 3.36. The molecule has 0 atom stereocenters. The van der Waals surface area contributed by atoms with Crippen molar-refractivity contribution in [2.75, 3.05) is 5.73 Å². The minimum absolute atomic E-state index is 0.263. The number of hydrogen-bond acceptors (Lipinski definition) is 2. The highest BCUT2D eigenvalue weighted by Crippen LogP contribution is 2.36. The number of nitrogen functional groups attached to an aromatic ring is 1. The minimum atomic E-state index is -4.79. The number of hydrogen-bond donors (Lipinski definition) is 1. The van der Waals surface area contributed by atoms with Crippen LogP contribution in [0.5, 0.6) is 0 Å². The van der Waals surface area contributed by atoms with Crippen molar-refractivity contribution in [3.05, 3.63) is 22.9 Å². The standard InChI is InChI=1S/C8H6ClF5N2/c9-2-3-4(8(12,13)14)1-5(6(10)11)16-7(3)15/h1,6H,2H2,(H2,15,16). The van der Waals surface area contributed by atoms with Gasteiger partial charge in [-0.2, -0.15) is 13.2 Å². The average Bonchev–Trinajstić information content (AvgIpc) is 2.14. The Morgan fingerprint density at radius 1 is 1.38 bits per heavy atom. The van der Waals surface area contributed by atoms with Gasteiger partial charge >= 0.3 is 6.18 Å². The summed E-state index contributed by atoms with van der Waals surface area (Å²) in [7, 11) is 0. The van der Waals surface area contributed by atoms with Crippen molar-refractivity contribution in [2.24, 2.45) is 0 Å². The number of rotatable bonds is 2. The monoisotopic (exact) mass is 260 g/mol. The first kappa shape index (κ1) is 13.0. The zero-order valence-electron chi connectivity index (χ0n) is 7.65. The number of pyridine rings is 1. The maximum absolute atomic E-state index is 12.5. The summed E-state index contributed by atoms with van der Waals surface area (Å²) >= 11 is 5.27. The van der Waals surface area contributed by atoms with Crippen LogP contribution in [-0.2, 0) is 12.1 Å².